The van der Waals surface area contributed by atoms with Crippen molar-refractivity contribution in [1.29, 1.82) is 0 Å². The van der Waals surface area contributed by atoms with E-state index in [-0.39, 0.29) is 6.61 Å². The van der Waals surface area contributed by atoms with E-state index in [2.05, 4.69) is 0 Å². The molecule has 0 unspecified atom stereocenters. The van der Waals surface area contributed by atoms with Gasteiger partial charge in [0.05, 0.1) is 32.2 Å². The van der Waals surface area contributed by atoms with Crippen molar-refractivity contribution >= 4 is 5.97 Å². The molecule has 40 heavy (non-hydrogen) atoms. The maximum atomic E-state index is 12.3. The highest BCUT2D eigenvalue weighted by molar-refractivity contribution is 5.66. The lowest BCUT2D eigenvalue weighted by atomic mass is 9.98. The molecule has 0 N–H and O–H groups in total. The molecule has 1 heterocycles. The van der Waals surface area contributed by atoms with Crippen molar-refractivity contribution in [2.45, 2.75) is 71.3 Å². The van der Waals surface area contributed by atoms with E-state index < -0.39 is 36.7 Å². The van der Waals surface area contributed by atoms with Crippen LogP contribution in [0.4, 0.5) is 0 Å². The second-order valence-electron chi connectivity index (χ2n) is 9.66. The van der Waals surface area contributed by atoms with Gasteiger partial charge >= 0.3 is 5.97 Å². The molecule has 4 rings (SSSR count). The van der Waals surface area contributed by atoms with Crippen LogP contribution in [0, 0.1) is 0 Å². The number of carbonyl (C=O) groups is 1. The number of carbonyl (C=O) groups excluding carboxylic acids is 1. The van der Waals surface area contributed by atoms with Gasteiger partial charge in [0.25, 0.3) is 0 Å². The fraction of sp³-hybridized carbons (Fsp3) is 0.364. The summed E-state index contributed by atoms with van der Waals surface area (Å²) in [6.07, 6.45) is -1.80. The van der Waals surface area contributed by atoms with E-state index in [0.29, 0.717) is 25.6 Å². The van der Waals surface area contributed by atoms with Crippen LogP contribution in [0.25, 0.3) is 0 Å². The van der Waals surface area contributed by atoms with Crippen LogP contribution < -0.4 is 0 Å². The van der Waals surface area contributed by atoms with E-state index in [1.165, 1.54) is 6.92 Å². The molecule has 7 heteroatoms. The molecule has 0 aliphatic carbocycles. The third kappa shape index (κ3) is 8.76. The predicted octanol–water partition coefficient (Wildman–Crippen LogP) is 5.97. The van der Waals surface area contributed by atoms with Gasteiger partial charge in [-0.1, -0.05) is 91.0 Å². The molecule has 3 aromatic rings. The first kappa shape index (κ1) is 29.5. The van der Waals surface area contributed by atoms with Crippen LogP contribution in [-0.4, -0.2) is 43.3 Å². The zero-order valence-electron chi connectivity index (χ0n) is 23.3. The zero-order chi connectivity index (χ0) is 28.2. The van der Waals surface area contributed by atoms with Gasteiger partial charge in [0.1, 0.15) is 18.3 Å². The SMILES string of the molecule is C/C=C(/C)O[C@@H]1O[C@H](COCc2ccccc2)[C@@H](OC(C)=O)[C@H](OCc2ccccc2)[C@H]1OCc1ccccc1. The van der Waals surface area contributed by atoms with Crippen LogP contribution in [0.2, 0.25) is 0 Å². The summed E-state index contributed by atoms with van der Waals surface area (Å²) in [5.41, 5.74) is 3.00. The molecular weight excluding hydrogens is 508 g/mol. The van der Waals surface area contributed by atoms with Gasteiger partial charge in [-0.3, -0.25) is 4.79 Å². The topological polar surface area (TPSA) is 72.5 Å². The van der Waals surface area contributed by atoms with E-state index in [1.54, 1.807) is 0 Å². The van der Waals surface area contributed by atoms with Gasteiger partial charge in [-0.25, -0.2) is 0 Å². The zero-order valence-corrected chi connectivity index (χ0v) is 23.3. The highest BCUT2D eigenvalue weighted by atomic mass is 16.7. The van der Waals surface area contributed by atoms with Crippen molar-refractivity contribution < 1.29 is 33.2 Å². The van der Waals surface area contributed by atoms with E-state index in [9.17, 15) is 4.79 Å². The molecule has 0 saturated carbocycles. The summed E-state index contributed by atoms with van der Waals surface area (Å²) in [6, 6.07) is 29.5. The molecule has 0 spiro atoms. The predicted molar refractivity (Wildman–Crippen MR) is 151 cm³/mol. The first-order valence-electron chi connectivity index (χ1n) is 13.6. The first-order valence-corrected chi connectivity index (χ1v) is 13.6. The average molecular weight is 547 g/mol. The third-order valence-corrected chi connectivity index (χ3v) is 6.57. The van der Waals surface area contributed by atoms with Gasteiger partial charge in [0, 0.05) is 6.92 Å². The number of hydrogen-bond acceptors (Lipinski definition) is 7. The Kier molecular flexibility index (Phi) is 11.3. The van der Waals surface area contributed by atoms with Gasteiger partial charge in [0.2, 0.25) is 6.29 Å². The fourth-order valence-corrected chi connectivity index (χ4v) is 4.46. The molecule has 3 aromatic carbocycles. The molecule has 0 amide bonds. The van der Waals surface area contributed by atoms with Crippen molar-refractivity contribution in [1.82, 2.24) is 0 Å². The minimum Gasteiger partial charge on any atom is -0.467 e. The summed E-state index contributed by atoms with van der Waals surface area (Å²) >= 11 is 0. The van der Waals surface area contributed by atoms with E-state index in [1.807, 2.05) is 111 Å². The largest absolute Gasteiger partial charge is 0.467 e. The Morgan fingerprint density at radius 2 is 1.20 bits per heavy atom. The summed E-state index contributed by atoms with van der Waals surface area (Å²) in [5, 5.41) is 0. The van der Waals surface area contributed by atoms with Gasteiger partial charge in [-0.05, 0) is 36.6 Å². The van der Waals surface area contributed by atoms with Crippen molar-refractivity contribution in [3.8, 4) is 0 Å². The Bertz CT molecular complexity index is 1180. The number of esters is 1. The van der Waals surface area contributed by atoms with Crippen molar-refractivity contribution in [3.63, 3.8) is 0 Å². The molecule has 212 valence electrons. The van der Waals surface area contributed by atoms with Crippen LogP contribution in [0.1, 0.15) is 37.5 Å². The van der Waals surface area contributed by atoms with Crippen molar-refractivity contribution in [2.75, 3.05) is 6.61 Å². The Balaban J connectivity index is 1.61. The maximum Gasteiger partial charge on any atom is 0.303 e. The number of allylic oxidation sites excluding steroid dienone is 2. The molecular formula is C33H38O7. The number of rotatable bonds is 13. The highest BCUT2D eigenvalue weighted by Crippen LogP contribution is 2.32. The molecule has 0 bridgehead atoms. The molecule has 1 fully saturated rings. The lowest BCUT2D eigenvalue weighted by molar-refractivity contribution is -0.314. The molecule has 0 aromatic heterocycles. The first-order chi connectivity index (χ1) is 19.5. The van der Waals surface area contributed by atoms with Crippen LogP contribution in [-0.2, 0) is 53.0 Å². The minimum atomic E-state index is -0.821. The lowest BCUT2D eigenvalue weighted by Crippen LogP contribution is -2.62. The van der Waals surface area contributed by atoms with E-state index in [4.69, 9.17) is 28.4 Å². The number of benzene rings is 3. The van der Waals surface area contributed by atoms with Crippen LogP contribution in [0.5, 0.6) is 0 Å². The smallest absolute Gasteiger partial charge is 0.303 e. The van der Waals surface area contributed by atoms with E-state index in [0.717, 1.165) is 16.7 Å². The number of hydrogen-bond donors (Lipinski definition) is 0. The van der Waals surface area contributed by atoms with Crippen LogP contribution >= 0.6 is 0 Å². The monoisotopic (exact) mass is 546 g/mol. The Morgan fingerprint density at radius 1 is 0.700 bits per heavy atom. The van der Waals surface area contributed by atoms with Gasteiger partial charge in [-0.15, -0.1) is 0 Å². The van der Waals surface area contributed by atoms with Crippen molar-refractivity contribution in [3.05, 3.63) is 120 Å². The Labute approximate surface area is 236 Å². The van der Waals surface area contributed by atoms with Crippen molar-refractivity contribution in [2.24, 2.45) is 0 Å². The second-order valence-corrected chi connectivity index (χ2v) is 9.66. The lowest BCUT2D eigenvalue weighted by Gasteiger charge is -2.45. The molecule has 1 aliphatic heterocycles. The van der Waals surface area contributed by atoms with Crippen LogP contribution in [0.3, 0.4) is 0 Å². The summed E-state index contributed by atoms with van der Waals surface area (Å²) < 4.78 is 37.4. The fourth-order valence-electron chi connectivity index (χ4n) is 4.46. The van der Waals surface area contributed by atoms with Gasteiger partial charge in [-0.2, -0.15) is 0 Å². The Hall–Kier alpha value is -3.49. The molecule has 1 saturated heterocycles. The average Bonchev–Trinajstić information content (AvgIpc) is 2.98. The highest BCUT2D eigenvalue weighted by Gasteiger charge is 2.50. The molecule has 7 nitrogen and oxygen atoms in total. The third-order valence-electron chi connectivity index (χ3n) is 6.57. The summed E-state index contributed by atoms with van der Waals surface area (Å²) in [4.78, 5) is 12.3. The maximum absolute atomic E-state index is 12.3. The normalized spacial score (nSPS) is 23.0. The number of ether oxygens (including phenoxy) is 6. The Morgan fingerprint density at radius 3 is 1.70 bits per heavy atom. The second kappa shape index (κ2) is 15.3. The summed E-state index contributed by atoms with van der Waals surface area (Å²) in [7, 11) is 0. The quantitative estimate of drug-likeness (QED) is 0.193. The molecule has 5 atom stereocenters. The van der Waals surface area contributed by atoms with Crippen LogP contribution in [0.15, 0.2) is 103 Å². The van der Waals surface area contributed by atoms with Gasteiger partial charge in [0.15, 0.2) is 6.10 Å². The standard InChI is InChI=1S/C33H38O7/c1-4-24(2)38-33-32(37-22-28-18-12-7-13-19-28)31(36-21-27-16-10-6-11-17-27)30(39-25(3)34)29(40-33)23-35-20-26-14-8-5-9-15-26/h4-19,29-33H,20-23H2,1-3H3/b24-4-/t29-,30-,31+,32-,33-/m1/s1. The molecule has 1 aliphatic rings. The summed E-state index contributed by atoms with van der Waals surface area (Å²) in [6.45, 7) is 6.27. The van der Waals surface area contributed by atoms with Gasteiger partial charge < -0.3 is 28.4 Å². The summed E-state index contributed by atoms with van der Waals surface area (Å²) in [5.74, 6) is 0.232. The van der Waals surface area contributed by atoms with E-state index >= 15 is 0 Å². The molecule has 0 radical (unpaired) electrons. The minimum absolute atomic E-state index is 0.165.